The van der Waals surface area contributed by atoms with Crippen LogP contribution in [0, 0.1) is 5.92 Å². The Morgan fingerprint density at radius 1 is 1.41 bits per heavy atom. The summed E-state index contributed by atoms with van der Waals surface area (Å²) in [5.74, 6) is -0.953. The van der Waals surface area contributed by atoms with E-state index in [4.69, 9.17) is 17.3 Å². The lowest BCUT2D eigenvalue weighted by atomic mass is 9.99. The van der Waals surface area contributed by atoms with Crippen molar-refractivity contribution in [3.05, 3.63) is 29.5 Å². The summed E-state index contributed by atoms with van der Waals surface area (Å²) in [5.41, 5.74) is 5.76. The zero-order valence-corrected chi connectivity index (χ0v) is 13.2. The minimum atomic E-state index is -3.85. The van der Waals surface area contributed by atoms with Gasteiger partial charge < -0.3 is 5.73 Å². The molecular formula is C13H15ClN4O3S. The number of pyridine rings is 1. The number of nitrogens with two attached hydrogens (primary N) is 1. The van der Waals surface area contributed by atoms with Gasteiger partial charge in [0.05, 0.1) is 5.92 Å². The van der Waals surface area contributed by atoms with Crippen molar-refractivity contribution in [2.24, 2.45) is 11.7 Å². The molecule has 9 heteroatoms. The Hall–Kier alpha value is -1.64. The van der Waals surface area contributed by atoms with Gasteiger partial charge in [-0.3, -0.25) is 9.20 Å². The number of rotatable bonds is 3. The van der Waals surface area contributed by atoms with Gasteiger partial charge in [-0.05, 0) is 25.0 Å². The Labute approximate surface area is 132 Å². The van der Waals surface area contributed by atoms with Crippen molar-refractivity contribution >= 4 is 33.2 Å². The van der Waals surface area contributed by atoms with Crippen LogP contribution in [0.25, 0.3) is 5.65 Å². The van der Waals surface area contributed by atoms with Crippen LogP contribution in [0.3, 0.4) is 0 Å². The quantitative estimate of drug-likeness (QED) is 0.895. The lowest BCUT2D eigenvalue weighted by molar-refractivity contribution is -0.122. The summed E-state index contributed by atoms with van der Waals surface area (Å²) in [6.07, 6.45) is 2.78. The smallest absolute Gasteiger partial charge is 0.262 e. The standard InChI is InChI=1S/C13H15ClN4O3S/c14-11-13(18-7-2-1-5-10(18)16-11)22(20,21)17-6-3-4-9(8-17)12(15)19/h1-2,5,7,9H,3-4,6,8H2,(H2,15,19)/t9-/m1/s1. The van der Waals surface area contributed by atoms with Crippen molar-refractivity contribution in [2.45, 2.75) is 17.9 Å². The highest BCUT2D eigenvalue weighted by Gasteiger charge is 2.35. The highest BCUT2D eigenvalue weighted by molar-refractivity contribution is 7.89. The third kappa shape index (κ3) is 2.47. The van der Waals surface area contributed by atoms with Gasteiger partial charge in [0.15, 0.2) is 10.2 Å². The van der Waals surface area contributed by atoms with Gasteiger partial charge >= 0.3 is 0 Å². The van der Waals surface area contributed by atoms with Gasteiger partial charge in [-0.1, -0.05) is 17.7 Å². The number of carbonyl (C=O) groups excluding carboxylic acids is 1. The fraction of sp³-hybridized carbons (Fsp3) is 0.385. The van der Waals surface area contributed by atoms with E-state index in [0.29, 0.717) is 25.0 Å². The average Bonchev–Trinajstić information content (AvgIpc) is 2.83. The molecule has 1 fully saturated rings. The molecule has 1 amide bonds. The van der Waals surface area contributed by atoms with E-state index in [1.54, 1.807) is 24.4 Å². The zero-order valence-electron chi connectivity index (χ0n) is 11.6. The van der Waals surface area contributed by atoms with Gasteiger partial charge in [-0.2, -0.15) is 4.31 Å². The number of sulfonamides is 1. The molecule has 0 aromatic carbocycles. The van der Waals surface area contributed by atoms with Crippen LogP contribution in [0.2, 0.25) is 5.15 Å². The molecule has 0 aliphatic carbocycles. The molecule has 22 heavy (non-hydrogen) atoms. The molecule has 2 aromatic heterocycles. The molecule has 1 aliphatic heterocycles. The van der Waals surface area contributed by atoms with E-state index in [2.05, 4.69) is 4.98 Å². The number of imidazole rings is 1. The minimum absolute atomic E-state index is 0.0742. The Kier molecular flexibility index (Phi) is 3.84. The van der Waals surface area contributed by atoms with Gasteiger partial charge in [0.2, 0.25) is 5.91 Å². The Bertz CT molecular complexity index is 833. The van der Waals surface area contributed by atoms with Crippen molar-refractivity contribution in [1.82, 2.24) is 13.7 Å². The molecule has 7 nitrogen and oxygen atoms in total. The lowest BCUT2D eigenvalue weighted by Gasteiger charge is -2.30. The van der Waals surface area contributed by atoms with E-state index < -0.39 is 21.8 Å². The van der Waals surface area contributed by atoms with Gasteiger partial charge in [0.25, 0.3) is 10.0 Å². The molecule has 1 aliphatic rings. The molecule has 0 unspecified atom stereocenters. The summed E-state index contributed by atoms with van der Waals surface area (Å²) < 4.78 is 28.5. The monoisotopic (exact) mass is 342 g/mol. The highest BCUT2D eigenvalue weighted by Crippen LogP contribution is 2.28. The number of aromatic nitrogens is 2. The first kappa shape index (κ1) is 15.3. The molecule has 0 saturated carbocycles. The van der Waals surface area contributed by atoms with E-state index in [0.717, 1.165) is 0 Å². The Morgan fingerprint density at radius 2 is 2.18 bits per heavy atom. The van der Waals surface area contributed by atoms with Crippen molar-refractivity contribution in [1.29, 1.82) is 0 Å². The zero-order chi connectivity index (χ0) is 15.9. The SMILES string of the molecule is NC(=O)[C@@H]1CCCN(S(=O)(=O)c2c(Cl)nc3ccccn23)C1. The number of hydrogen-bond acceptors (Lipinski definition) is 4. The van der Waals surface area contributed by atoms with Crippen LogP contribution in [-0.2, 0) is 14.8 Å². The van der Waals surface area contributed by atoms with E-state index in [-0.39, 0.29) is 16.7 Å². The van der Waals surface area contributed by atoms with Gasteiger partial charge in [0, 0.05) is 19.3 Å². The predicted molar refractivity (Wildman–Crippen MR) is 80.9 cm³/mol. The number of halogens is 1. The molecule has 2 N–H and O–H groups in total. The van der Waals surface area contributed by atoms with E-state index >= 15 is 0 Å². The van der Waals surface area contributed by atoms with Crippen molar-refractivity contribution in [3.63, 3.8) is 0 Å². The van der Waals surface area contributed by atoms with Crippen molar-refractivity contribution in [3.8, 4) is 0 Å². The third-order valence-corrected chi connectivity index (χ3v) is 6.08. The summed E-state index contributed by atoms with van der Waals surface area (Å²) in [6.45, 7) is 0.413. The molecule has 0 radical (unpaired) electrons. The fourth-order valence-electron chi connectivity index (χ4n) is 2.69. The van der Waals surface area contributed by atoms with Gasteiger partial charge in [-0.15, -0.1) is 0 Å². The summed E-state index contributed by atoms with van der Waals surface area (Å²) in [7, 11) is -3.85. The van der Waals surface area contributed by atoms with Crippen LogP contribution in [0.15, 0.2) is 29.4 Å². The summed E-state index contributed by atoms with van der Waals surface area (Å²) in [5, 5.41) is -0.151. The summed E-state index contributed by atoms with van der Waals surface area (Å²) in [4.78, 5) is 15.4. The second kappa shape index (κ2) is 5.53. The molecular weight excluding hydrogens is 328 g/mol. The number of primary amides is 1. The Balaban J connectivity index is 2.05. The summed E-state index contributed by atoms with van der Waals surface area (Å²) >= 11 is 6.04. The number of nitrogens with zero attached hydrogens (tertiary/aromatic N) is 3. The topological polar surface area (TPSA) is 97.8 Å². The lowest BCUT2D eigenvalue weighted by Crippen LogP contribution is -2.44. The van der Waals surface area contributed by atoms with E-state index in [1.165, 1.54) is 8.71 Å². The first-order valence-electron chi connectivity index (χ1n) is 6.83. The van der Waals surface area contributed by atoms with Crippen LogP contribution in [0.5, 0.6) is 0 Å². The second-order valence-corrected chi connectivity index (χ2v) is 7.45. The van der Waals surface area contributed by atoms with E-state index in [9.17, 15) is 13.2 Å². The van der Waals surface area contributed by atoms with Gasteiger partial charge in [0.1, 0.15) is 5.65 Å². The maximum absolute atomic E-state index is 12.9. The predicted octanol–water partition coefficient (Wildman–Crippen LogP) is 0.874. The molecule has 1 saturated heterocycles. The number of hydrogen-bond donors (Lipinski definition) is 1. The third-order valence-electron chi connectivity index (χ3n) is 3.82. The van der Waals surface area contributed by atoms with Crippen LogP contribution in [0.1, 0.15) is 12.8 Å². The fourth-order valence-corrected chi connectivity index (χ4v) is 4.81. The number of carbonyl (C=O) groups is 1. The average molecular weight is 343 g/mol. The van der Waals surface area contributed by atoms with Crippen molar-refractivity contribution in [2.75, 3.05) is 13.1 Å². The first-order chi connectivity index (χ1) is 10.4. The molecule has 118 valence electrons. The van der Waals surface area contributed by atoms with Crippen LogP contribution in [0.4, 0.5) is 0 Å². The number of amides is 1. The van der Waals surface area contributed by atoms with Crippen LogP contribution >= 0.6 is 11.6 Å². The highest BCUT2D eigenvalue weighted by atomic mass is 35.5. The number of piperidine rings is 1. The second-order valence-electron chi connectivity index (χ2n) is 5.24. The van der Waals surface area contributed by atoms with E-state index in [1.807, 2.05) is 0 Å². The van der Waals surface area contributed by atoms with Gasteiger partial charge in [-0.25, -0.2) is 13.4 Å². The maximum atomic E-state index is 12.9. The molecule has 0 spiro atoms. The molecule has 0 bridgehead atoms. The normalized spacial score (nSPS) is 20.3. The minimum Gasteiger partial charge on any atom is -0.369 e. The maximum Gasteiger partial charge on any atom is 0.262 e. The molecule has 1 atom stereocenters. The Morgan fingerprint density at radius 3 is 2.91 bits per heavy atom. The molecule has 3 rings (SSSR count). The van der Waals surface area contributed by atoms with Crippen LogP contribution in [-0.4, -0.2) is 41.1 Å². The number of fused-ring (bicyclic) bond motifs is 1. The summed E-state index contributed by atoms with van der Waals surface area (Å²) in [6, 6.07) is 5.12. The molecule has 3 heterocycles. The molecule has 2 aromatic rings. The van der Waals surface area contributed by atoms with Crippen LogP contribution < -0.4 is 5.73 Å². The van der Waals surface area contributed by atoms with Crippen molar-refractivity contribution < 1.29 is 13.2 Å². The first-order valence-corrected chi connectivity index (χ1v) is 8.65. The largest absolute Gasteiger partial charge is 0.369 e.